The van der Waals surface area contributed by atoms with Gasteiger partial charge in [-0.15, -0.1) is 0 Å². The Balaban J connectivity index is 3.16. The average molecular weight is 297 g/mol. The Bertz CT molecular complexity index is 252. The average Bonchev–Trinajstić information content (AvgIpc) is 2.48. The molecule has 0 aliphatic carbocycles. The van der Waals surface area contributed by atoms with Crippen molar-refractivity contribution in [3.63, 3.8) is 0 Å². The number of carbonyl (C=O) groups is 1. The van der Waals surface area contributed by atoms with Gasteiger partial charge >= 0.3 is 5.97 Å². The highest BCUT2D eigenvalue weighted by Gasteiger charge is 2.01. The summed E-state index contributed by atoms with van der Waals surface area (Å²) >= 11 is 0. The molecule has 0 aromatic heterocycles. The summed E-state index contributed by atoms with van der Waals surface area (Å²) in [6.07, 6.45) is 17.5. The number of hydrogen-bond donors (Lipinski definition) is 1. The molecule has 0 saturated carbocycles. The molecule has 0 rings (SSSR count). The first kappa shape index (κ1) is 20.2. The van der Waals surface area contributed by atoms with Crippen molar-refractivity contribution in [1.29, 1.82) is 0 Å². The van der Waals surface area contributed by atoms with Gasteiger partial charge in [0.15, 0.2) is 0 Å². The van der Waals surface area contributed by atoms with Gasteiger partial charge in [-0.3, -0.25) is 4.79 Å². The van der Waals surface area contributed by atoms with E-state index in [9.17, 15) is 4.79 Å². The van der Waals surface area contributed by atoms with Crippen molar-refractivity contribution in [2.75, 3.05) is 20.2 Å². The van der Waals surface area contributed by atoms with E-state index < -0.39 is 0 Å². The smallest absolute Gasteiger partial charge is 0.305 e. The van der Waals surface area contributed by atoms with Gasteiger partial charge in [-0.05, 0) is 39.2 Å². The third-order valence-corrected chi connectivity index (χ3v) is 3.51. The van der Waals surface area contributed by atoms with E-state index in [0.717, 1.165) is 19.4 Å². The lowest BCUT2D eigenvalue weighted by atomic mass is 10.1. The Labute approximate surface area is 131 Å². The van der Waals surface area contributed by atoms with E-state index in [1.54, 1.807) is 0 Å². The number of esters is 1. The number of carbonyl (C=O) groups excluding carboxylic acids is 1. The van der Waals surface area contributed by atoms with Gasteiger partial charge in [-0.2, -0.15) is 0 Å². The third-order valence-electron chi connectivity index (χ3n) is 3.51. The summed E-state index contributed by atoms with van der Waals surface area (Å²) in [5.74, 6) is -0.0553. The van der Waals surface area contributed by atoms with Gasteiger partial charge in [0.05, 0.1) is 0 Å². The highest BCUT2D eigenvalue weighted by atomic mass is 16.5. The summed E-state index contributed by atoms with van der Waals surface area (Å²) in [7, 11) is 1.86. The van der Waals surface area contributed by atoms with Crippen molar-refractivity contribution in [3.8, 4) is 0 Å². The third kappa shape index (κ3) is 17.1. The predicted octanol–water partition coefficient (Wildman–Crippen LogP) is 4.62. The van der Waals surface area contributed by atoms with Gasteiger partial charge in [0.1, 0.15) is 6.61 Å². The van der Waals surface area contributed by atoms with Crippen molar-refractivity contribution in [3.05, 3.63) is 12.2 Å². The molecule has 3 nitrogen and oxygen atoms in total. The molecule has 0 saturated heterocycles. The lowest BCUT2D eigenvalue weighted by Crippen LogP contribution is -2.17. The highest BCUT2D eigenvalue weighted by Crippen LogP contribution is 2.09. The Morgan fingerprint density at radius 2 is 1.57 bits per heavy atom. The van der Waals surface area contributed by atoms with E-state index in [1.165, 1.54) is 51.4 Å². The fraction of sp³-hybridized carbons (Fsp3) is 0.833. The van der Waals surface area contributed by atoms with Gasteiger partial charge < -0.3 is 10.1 Å². The number of ether oxygens (including phenoxy) is 1. The van der Waals surface area contributed by atoms with E-state index in [-0.39, 0.29) is 5.97 Å². The number of hydrogen-bond acceptors (Lipinski definition) is 3. The second-order valence-corrected chi connectivity index (χ2v) is 5.60. The van der Waals surface area contributed by atoms with Crippen molar-refractivity contribution in [1.82, 2.24) is 5.32 Å². The lowest BCUT2D eigenvalue weighted by Gasteiger charge is -2.04. The molecule has 0 aliphatic rings. The molecular weight excluding hydrogens is 262 g/mol. The van der Waals surface area contributed by atoms with E-state index in [2.05, 4.69) is 24.4 Å². The topological polar surface area (TPSA) is 38.3 Å². The minimum absolute atomic E-state index is 0.0553. The molecule has 0 aromatic carbocycles. The lowest BCUT2D eigenvalue weighted by molar-refractivity contribution is -0.143. The maximum atomic E-state index is 11.3. The molecule has 0 unspecified atom stereocenters. The van der Waals surface area contributed by atoms with Crippen LogP contribution in [-0.4, -0.2) is 26.2 Å². The molecule has 124 valence electrons. The van der Waals surface area contributed by atoms with Gasteiger partial charge in [0.25, 0.3) is 0 Å². The van der Waals surface area contributed by atoms with Crippen LogP contribution in [0.2, 0.25) is 0 Å². The second kappa shape index (κ2) is 17.2. The molecule has 3 heteroatoms. The van der Waals surface area contributed by atoms with Crippen LogP contribution in [-0.2, 0) is 9.53 Å². The highest BCUT2D eigenvalue weighted by molar-refractivity contribution is 5.69. The van der Waals surface area contributed by atoms with E-state index >= 15 is 0 Å². The minimum atomic E-state index is -0.0553. The zero-order valence-corrected chi connectivity index (χ0v) is 14.2. The molecular formula is C18H35NO2. The Hall–Kier alpha value is -0.830. The molecule has 0 amide bonds. The fourth-order valence-corrected chi connectivity index (χ4v) is 2.15. The molecule has 0 aliphatic heterocycles. The number of rotatable bonds is 15. The van der Waals surface area contributed by atoms with E-state index in [1.807, 2.05) is 7.05 Å². The van der Waals surface area contributed by atoms with Crippen LogP contribution in [0.1, 0.15) is 77.6 Å². The maximum Gasteiger partial charge on any atom is 0.305 e. The summed E-state index contributed by atoms with van der Waals surface area (Å²) in [6, 6.07) is 0. The van der Waals surface area contributed by atoms with Crippen LogP contribution < -0.4 is 5.32 Å². The van der Waals surface area contributed by atoms with E-state index in [0.29, 0.717) is 13.0 Å². The van der Waals surface area contributed by atoms with Crippen LogP contribution in [0.5, 0.6) is 0 Å². The van der Waals surface area contributed by atoms with Crippen molar-refractivity contribution >= 4 is 5.97 Å². The van der Waals surface area contributed by atoms with Crippen LogP contribution in [0, 0.1) is 0 Å². The van der Waals surface area contributed by atoms with Crippen LogP contribution in [0.3, 0.4) is 0 Å². The Morgan fingerprint density at radius 1 is 0.952 bits per heavy atom. The van der Waals surface area contributed by atoms with Crippen molar-refractivity contribution in [2.24, 2.45) is 0 Å². The van der Waals surface area contributed by atoms with Crippen LogP contribution in [0.15, 0.2) is 12.2 Å². The number of unbranched alkanes of at least 4 members (excludes halogenated alkanes) is 8. The molecule has 0 radical (unpaired) electrons. The maximum absolute atomic E-state index is 11.3. The monoisotopic (exact) mass is 297 g/mol. The Kier molecular flexibility index (Phi) is 16.5. The van der Waals surface area contributed by atoms with Gasteiger partial charge in [-0.25, -0.2) is 0 Å². The Morgan fingerprint density at radius 3 is 2.24 bits per heavy atom. The van der Waals surface area contributed by atoms with Gasteiger partial charge in [-0.1, -0.05) is 51.2 Å². The normalized spacial score (nSPS) is 11.1. The fourth-order valence-electron chi connectivity index (χ4n) is 2.15. The SMILES string of the molecule is CCCCC/C=C/CCCCCCCC(=O)OCCNC. The largest absolute Gasteiger partial charge is 0.464 e. The minimum Gasteiger partial charge on any atom is -0.464 e. The molecule has 1 N–H and O–H groups in total. The van der Waals surface area contributed by atoms with E-state index in [4.69, 9.17) is 4.74 Å². The summed E-state index contributed by atoms with van der Waals surface area (Å²) in [4.78, 5) is 11.3. The summed E-state index contributed by atoms with van der Waals surface area (Å²) in [5.41, 5.74) is 0. The quantitative estimate of drug-likeness (QED) is 0.272. The number of likely N-dealkylation sites (N-methyl/N-ethyl adjacent to an activating group) is 1. The first-order chi connectivity index (χ1) is 10.3. The molecule has 21 heavy (non-hydrogen) atoms. The first-order valence-corrected chi connectivity index (χ1v) is 8.76. The summed E-state index contributed by atoms with van der Waals surface area (Å²) < 4.78 is 5.07. The first-order valence-electron chi connectivity index (χ1n) is 8.76. The summed E-state index contributed by atoms with van der Waals surface area (Å²) in [6.45, 7) is 3.46. The predicted molar refractivity (Wildman–Crippen MR) is 90.5 cm³/mol. The molecule has 0 spiro atoms. The zero-order valence-electron chi connectivity index (χ0n) is 14.2. The summed E-state index contributed by atoms with van der Waals surface area (Å²) in [5, 5.41) is 2.96. The van der Waals surface area contributed by atoms with Crippen molar-refractivity contribution < 1.29 is 9.53 Å². The molecule has 0 heterocycles. The standard InChI is InChI=1S/C18H35NO2/c1-3-4-5-6-7-8-9-10-11-12-13-14-15-18(20)21-17-16-19-2/h7-8,19H,3-6,9-17H2,1-2H3/b8-7+. The van der Waals surface area contributed by atoms with Crippen LogP contribution >= 0.6 is 0 Å². The van der Waals surface area contributed by atoms with Crippen molar-refractivity contribution in [2.45, 2.75) is 77.6 Å². The van der Waals surface area contributed by atoms with Crippen LogP contribution in [0.4, 0.5) is 0 Å². The zero-order chi connectivity index (χ0) is 15.6. The number of allylic oxidation sites excluding steroid dienone is 2. The van der Waals surface area contributed by atoms with Gasteiger partial charge in [0.2, 0.25) is 0 Å². The number of nitrogens with one attached hydrogen (secondary N) is 1. The molecule has 0 fully saturated rings. The second-order valence-electron chi connectivity index (χ2n) is 5.60. The molecule has 0 aromatic rings. The molecule has 0 atom stereocenters. The van der Waals surface area contributed by atoms with Gasteiger partial charge in [0, 0.05) is 13.0 Å². The van der Waals surface area contributed by atoms with Crippen LogP contribution in [0.25, 0.3) is 0 Å². The molecule has 0 bridgehead atoms.